The highest BCUT2D eigenvalue weighted by molar-refractivity contribution is 7.99. The lowest BCUT2D eigenvalue weighted by Crippen LogP contribution is -2.51. The second-order valence-electron chi connectivity index (χ2n) is 7.81. The van der Waals surface area contributed by atoms with E-state index in [4.69, 9.17) is 11.6 Å². The minimum absolute atomic E-state index is 0.0265. The maximum atomic E-state index is 13.3. The highest BCUT2D eigenvalue weighted by atomic mass is 35.5. The first kappa shape index (κ1) is 25.3. The van der Waals surface area contributed by atoms with Crippen LogP contribution in [0.15, 0.2) is 48.5 Å². The van der Waals surface area contributed by atoms with Crippen LogP contribution in [0.3, 0.4) is 0 Å². The van der Waals surface area contributed by atoms with Gasteiger partial charge in [0.1, 0.15) is 6.04 Å². The van der Waals surface area contributed by atoms with Crippen LogP contribution in [-0.4, -0.2) is 34.6 Å². The predicted molar refractivity (Wildman–Crippen MR) is 131 cm³/mol. The summed E-state index contributed by atoms with van der Waals surface area (Å²) in [6.07, 6.45) is 1.42. The van der Waals surface area contributed by atoms with Crippen LogP contribution >= 0.6 is 23.4 Å². The lowest BCUT2D eigenvalue weighted by atomic mass is 10.1. The monoisotopic (exact) mass is 460 g/mol. The van der Waals surface area contributed by atoms with Gasteiger partial charge in [-0.25, -0.2) is 0 Å². The largest absolute Gasteiger partial charge is 0.352 e. The number of hydrogen-bond acceptors (Lipinski definition) is 3. The van der Waals surface area contributed by atoms with E-state index in [-0.39, 0.29) is 17.9 Å². The maximum absolute atomic E-state index is 13.3. The van der Waals surface area contributed by atoms with Crippen molar-refractivity contribution < 1.29 is 9.59 Å². The van der Waals surface area contributed by atoms with Gasteiger partial charge in [-0.2, -0.15) is 0 Å². The number of carbonyl (C=O) groups excluding carboxylic acids is 2. The van der Waals surface area contributed by atoms with Gasteiger partial charge in [0.05, 0.1) is 5.75 Å². The second kappa shape index (κ2) is 12.8. The molecule has 0 fully saturated rings. The molecule has 6 heteroatoms. The molecule has 168 valence electrons. The molecular weight excluding hydrogens is 428 g/mol. The molecule has 31 heavy (non-hydrogen) atoms. The van der Waals surface area contributed by atoms with Gasteiger partial charge in [-0.3, -0.25) is 9.59 Å². The summed E-state index contributed by atoms with van der Waals surface area (Å²) in [5.41, 5.74) is 3.26. The molecule has 4 nitrogen and oxygen atoms in total. The van der Waals surface area contributed by atoms with E-state index < -0.39 is 6.04 Å². The number of carbonyl (C=O) groups is 2. The Morgan fingerprint density at radius 3 is 2.48 bits per heavy atom. The number of nitrogens with zero attached hydrogens (tertiary/aromatic N) is 1. The van der Waals surface area contributed by atoms with Crippen LogP contribution in [0.4, 0.5) is 0 Å². The Balaban J connectivity index is 2.15. The van der Waals surface area contributed by atoms with E-state index in [0.717, 1.165) is 23.1 Å². The van der Waals surface area contributed by atoms with Gasteiger partial charge < -0.3 is 10.2 Å². The normalized spacial score (nSPS) is 12.8. The Hall–Kier alpha value is -1.98. The SMILES string of the molecule is CC[C@H](C(=O)N[C@@H](C)CC)N(Cc1ccccc1C)C(=O)CSCc1cccc(Cl)c1. The van der Waals surface area contributed by atoms with Crippen LogP contribution < -0.4 is 5.32 Å². The summed E-state index contributed by atoms with van der Waals surface area (Å²) in [5.74, 6) is 0.895. The Labute approximate surface area is 195 Å². The molecule has 0 aliphatic heterocycles. The first-order valence-corrected chi connectivity index (χ1v) is 12.4. The third kappa shape index (κ3) is 7.89. The average molecular weight is 461 g/mol. The molecule has 2 atom stereocenters. The Kier molecular flexibility index (Phi) is 10.4. The number of aryl methyl sites for hydroxylation is 1. The molecule has 0 radical (unpaired) electrons. The first-order valence-electron chi connectivity index (χ1n) is 10.8. The predicted octanol–water partition coefficient (Wildman–Crippen LogP) is 5.60. The number of thioether (sulfide) groups is 1. The molecule has 0 spiro atoms. The molecule has 0 aliphatic carbocycles. The average Bonchev–Trinajstić information content (AvgIpc) is 2.74. The van der Waals surface area contributed by atoms with E-state index >= 15 is 0 Å². The molecule has 0 unspecified atom stereocenters. The number of benzene rings is 2. The topological polar surface area (TPSA) is 49.4 Å². The Morgan fingerprint density at radius 2 is 1.84 bits per heavy atom. The first-order chi connectivity index (χ1) is 14.8. The van der Waals surface area contributed by atoms with Crippen molar-refractivity contribution in [2.75, 3.05) is 5.75 Å². The van der Waals surface area contributed by atoms with Crippen LogP contribution in [0, 0.1) is 6.92 Å². The van der Waals surface area contributed by atoms with Gasteiger partial charge in [-0.1, -0.05) is 61.8 Å². The third-order valence-electron chi connectivity index (χ3n) is 5.37. The number of amides is 2. The Morgan fingerprint density at radius 1 is 1.10 bits per heavy atom. The van der Waals surface area contributed by atoms with Crippen molar-refractivity contribution in [3.05, 3.63) is 70.2 Å². The maximum Gasteiger partial charge on any atom is 0.243 e. The van der Waals surface area contributed by atoms with Crippen molar-refractivity contribution in [3.8, 4) is 0 Å². The molecule has 0 saturated heterocycles. The minimum atomic E-state index is -0.493. The van der Waals surface area contributed by atoms with E-state index in [9.17, 15) is 9.59 Å². The van der Waals surface area contributed by atoms with Crippen molar-refractivity contribution in [1.29, 1.82) is 0 Å². The summed E-state index contributed by atoms with van der Waals surface area (Å²) < 4.78 is 0. The minimum Gasteiger partial charge on any atom is -0.352 e. The highest BCUT2D eigenvalue weighted by Gasteiger charge is 2.29. The zero-order chi connectivity index (χ0) is 22.8. The van der Waals surface area contributed by atoms with Gasteiger partial charge >= 0.3 is 0 Å². The van der Waals surface area contributed by atoms with Crippen LogP contribution in [0.25, 0.3) is 0 Å². The van der Waals surface area contributed by atoms with E-state index in [1.54, 1.807) is 16.7 Å². The van der Waals surface area contributed by atoms with Crippen molar-refractivity contribution >= 4 is 35.2 Å². The van der Waals surface area contributed by atoms with Gasteiger partial charge in [-0.15, -0.1) is 11.8 Å². The highest BCUT2D eigenvalue weighted by Crippen LogP contribution is 2.20. The van der Waals surface area contributed by atoms with E-state index in [0.29, 0.717) is 29.5 Å². The molecule has 0 heterocycles. The molecule has 0 aromatic heterocycles. The van der Waals surface area contributed by atoms with E-state index in [2.05, 4.69) is 5.32 Å². The van der Waals surface area contributed by atoms with E-state index in [1.165, 1.54) is 0 Å². The molecule has 0 saturated carbocycles. The van der Waals surface area contributed by atoms with Gasteiger partial charge in [0.2, 0.25) is 11.8 Å². The lowest BCUT2D eigenvalue weighted by Gasteiger charge is -2.32. The smallest absolute Gasteiger partial charge is 0.243 e. The summed E-state index contributed by atoms with van der Waals surface area (Å²) in [7, 11) is 0. The number of halogens is 1. The summed E-state index contributed by atoms with van der Waals surface area (Å²) in [5, 5.41) is 3.74. The zero-order valence-electron chi connectivity index (χ0n) is 18.9. The Bertz CT molecular complexity index is 874. The van der Waals surface area contributed by atoms with E-state index in [1.807, 2.05) is 76.2 Å². The summed E-state index contributed by atoms with van der Waals surface area (Å²) in [6.45, 7) is 8.44. The van der Waals surface area contributed by atoms with Gasteiger partial charge in [0.25, 0.3) is 0 Å². The standard InChI is InChI=1S/C25H33ClN2O2S/c1-5-19(4)27-25(30)23(6-2)28(15-21-12-8-7-10-18(21)3)24(29)17-31-16-20-11-9-13-22(26)14-20/h7-14,19,23H,5-6,15-17H2,1-4H3,(H,27,30)/t19-,23+/m0/s1. The molecule has 2 amide bonds. The van der Waals surface area contributed by atoms with Crippen molar-refractivity contribution in [2.24, 2.45) is 0 Å². The van der Waals surface area contributed by atoms with Crippen molar-refractivity contribution in [1.82, 2.24) is 10.2 Å². The van der Waals surface area contributed by atoms with Crippen LogP contribution in [0.2, 0.25) is 5.02 Å². The lowest BCUT2D eigenvalue weighted by molar-refractivity contribution is -0.139. The van der Waals surface area contributed by atoms with Crippen LogP contribution in [-0.2, 0) is 21.9 Å². The molecule has 2 aromatic carbocycles. The number of nitrogens with one attached hydrogen (secondary N) is 1. The quantitative estimate of drug-likeness (QED) is 0.474. The van der Waals surface area contributed by atoms with Gasteiger partial charge in [0.15, 0.2) is 0 Å². The third-order valence-corrected chi connectivity index (χ3v) is 6.60. The second-order valence-corrected chi connectivity index (χ2v) is 9.23. The molecule has 0 aliphatic rings. The van der Waals surface area contributed by atoms with Gasteiger partial charge in [0, 0.05) is 23.4 Å². The zero-order valence-corrected chi connectivity index (χ0v) is 20.4. The fourth-order valence-electron chi connectivity index (χ4n) is 3.30. The number of hydrogen-bond donors (Lipinski definition) is 1. The molecule has 1 N–H and O–H groups in total. The summed E-state index contributed by atoms with van der Waals surface area (Å²) >= 11 is 7.60. The fourth-order valence-corrected chi connectivity index (χ4v) is 4.37. The summed E-state index contributed by atoms with van der Waals surface area (Å²) in [6, 6.07) is 15.3. The number of rotatable bonds is 11. The fraction of sp³-hybridized carbons (Fsp3) is 0.440. The van der Waals surface area contributed by atoms with Crippen LogP contribution in [0.1, 0.15) is 50.3 Å². The molecule has 0 bridgehead atoms. The van der Waals surface area contributed by atoms with Gasteiger partial charge in [-0.05, 0) is 55.5 Å². The summed E-state index contributed by atoms with van der Waals surface area (Å²) in [4.78, 5) is 28.0. The van der Waals surface area contributed by atoms with Crippen molar-refractivity contribution in [2.45, 2.75) is 64.9 Å². The molecular formula is C25H33ClN2O2S. The molecule has 2 rings (SSSR count). The van der Waals surface area contributed by atoms with Crippen LogP contribution in [0.5, 0.6) is 0 Å². The molecule has 2 aromatic rings. The van der Waals surface area contributed by atoms with Crippen molar-refractivity contribution in [3.63, 3.8) is 0 Å².